The summed E-state index contributed by atoms with van der Waals surface area (Å²) in [7, 11) is 0. The zero-order chi connectivity index (χ0) is 24.7. The monoisotopic (exact) mass is 490 g/mol. The number of fused-ring (bicyclic) bond motifs is 1. The number of benzene rings is 2. The highest BCUT2D eigenvalue weighted by Gasteiger charge is 2.45. The van der Waals surface area contributed by atoms with Crippen LogP contribution in [0.1, 0.15) is 68.3 Å². The van der Waals surface area contributed by atoms with E-state index in [-0.39, 0.29) is 22.4 Å². The number of ether oxygens (including phenoxy) is 1. The molecule has 2 atom stereocenters. The van der Waals surface area contributed by atoms with Crippen LogP contribution in [0, 0.1) is 17.8 Å². The number of carbonyl (C=O) groups excluding carboxylic acids is 1. The van der Waals surface area contributed by atoms with Crippen molar-refractivity contribution in [2.24, 2.45) is 17.8 Å². The quantitative estimate of drug-likeness (QED) is 0.452. The predicted octanol–water partition coefficient (Wildman–Crippen LogP) is 7.61. The van der Waals surface area contributed by atoms with Crippen molar-refractivity contribution in [3.63, 3.8) is 0 Å². The van der Waals surface area contributed by atoms with Crippen LogP contribution in [0.2, 0.25) is 5.02 Å². The van der Waals surface area contributed by atoms with Crippen LogP contribution in [-0.4, -0.2) is 16.9 Å². The second kappa shape index (κ2) is 9.66. The van der Waals surface area contributed by atoms with Gasteiger partial charge in [0.15, 0.2) is 5.78 Å². The van der Waals surface area contributed by atoms with Gasteiger partial charge in [0.2, 0.25) is 0 Å². The molecule has 0 spiro atoms. The molecule has 0 aromatic heterocycles. The minimum atomic E-state index is -1.04. The molecule has 0 bridgehead atoms. The minimum absolute atomic E-state index is 0.0953. The van der Waals surface area contributed by atoms with Crippen molar-refractivity contribution < 1.29 is 19.4 Å². The van der Waals surface area contributed by atoms with Crippen LogP contribution < -0.4 is 0 Å². The molecular formula is C30H31ClO4. The number of carboxylic acid groups (broad SMARTS) is 1. The third kappa shape index (κ3) is 4.56. The molecule has 2 unspecified atom stereocenters. The van der Waals surface area contributed by atoms with Gasteiger partial charge >= 0.3 is 5.97 Å². The van der Waals surface area contributed by atoms with Gasteiger partial charge in [-0.1, -0.05) is 48.7 Å². The first-order valence-corrected chi connectivity index (χ1v) is 12.9. The molecule has 5 rings (SSSR count). The maximum atomic E-state index is 13.3. The zero-order valence-electron chi connectivity index (χ0n) is 20.3. The first kappa shape index (κ1) is 23.9. The van der Waals surface area contributed by atoms with E-state index in [0.717, 1.165) is 52.0 Å². The lowest BCUT2D eigenvalue weighted by molar-refractivity contribution is -0.119. The van der Waals surface area contributed by atoms with E-state index in [2.05, 4.69) is 13.8 Å². The maximum absolute atomic E-state index is 13.3. The van der Waals surface area contributed by atoms with E-state index < -0.39 is 5.97 Å². The smallest absolute Gasteiger partial charge is 0.337 e. The summed E-state index contributed by atoms with van der Waals surface area (Å²) in [5.41, 5.74) is 6.22. The molecule has 0 amide bonds. The Hall–Kier alpha value is -2.85. The lowest BCUT2D eigenvalue weighted by Gasteiger charge is -2.25. The molecule has 35 heavy (non-hydrogen) atoms. The highest BCUT2D eigenvalue weighted by atomic mass is 35.5. The molecule has 2 saturated carbocycles. The van der Waals surface area contributed by atoms with Gasteiger partial charge in [-0.15, -0.1) is 0 Å². The van der Waals surface area contributed by atoms with Crippen LogP contribution in [0.15, 0.2) is 64.9 Å². The topological polar surface area (TPSA) is 63.6 Å². The van der Waals surface area contributed by atoms with E-state index in [0.29, 0.717) is 18.3 Å². The van der Waals surface area contributed by atoms with E-state index in [1.165, 1.54) is 31.7 Å². The van der Waals surface area contributed by atoms with E-state index in [1.807, 2.05) is 24.3 Å². The van der Waals surface area contributed by atoms with Crippen molar-refractivity contribution >= 4 is 23.4 Å². The molecule has 3 aliphatic carbocycles. The van der Waals surface area contributed by atoms with Crippen LogP contribution in [0.3, 0.4) is 0 Å². The molecule has 2 aromatic carbocycles. The van der Waals surface area contributed by atoms with Gasteiger partial charge in [-0.25, -0.2) is 4.79 Å². The number of allylic oxidation sites excluding steroid dienone is 4. The van der Waals surface area contributed by atoms with Gasteiger partial charge in [-0.2, -0.15) is 0 Å². The maximum Gasteiger partial charge on any atom is 0.337 e. The van der Waals surface area contributed by atoms with Gasteiger partial charge in [0.05, 0.1) is 10.6 Å². The summed E-state index contributed by atoms with van der Waals surface area (Å²) in [6.07, 6.45) is 6.70. The number of hydrogen-bond acceptors (Lipinski definition) is 3. The average molecular weight is 491 g/mol. The molecule has 2 aromatic rings. The largest absolute Gasteiger partial charge is 0.493 e. The molecule has 0 heterocycles. The normalized spacial score (nSPS) is 22.7. The van der Waals surface area contributed by atoms with E-state index >= 15 is 0 Å². The first-order chi connectivity index (χ1) is 16.8. The summed E-state index contributed by atoms with van der Waals surface area (Å²) in [5.74, 6) is 1.42. The fraction of sp³-hybridized carbons (Fsp3) is 0.400. The van der Waals surface area contributed by atoms with Crippen molar-refractivity contribution in [2.45, 2.75) is 59.0 Å². The Balaban J connectivity index is 1.30. The number of carbonyl (C=O) groups is 2. The molecule has 1 N–H and O–H groups in total. The standard InChI is InChI=1S/C30H31ClO4/c1-17-18(2)28-23(13-25(29(28)32)20-7-3-4-8-20)15-27(17)35-16-19-6-5-9-21(12-19)22-10-11-24(30(33)34)26(31)14-22/h5-6,9-12,14,20,23,25H,3-4,7-8,13,15-16H2,1-2H3,(H,33,34). The first-order valence-electron chi connectivity index (χ1n) is 12.5. The van der Waals surface area contributed by atoms with Crippen LogP contribution in [0.25, 0.3) is 11.1 Å². The molecule has 0 radical (unpaired) electrons. The van der Waals surface area contributed by atoms with Crippen LogP contribution >= 0.6 is 11.6 Å². The number of carboxylic acids is 1. The van der Waals surface area contributed by atoms with Crippen LogP contribution in [0.4, 0.5) is 0 Å². The zero-order valence-corrected chi connectivity index (χ0v) is 21.0. The highest BCUT2D eigenvalue weighted by molar-refractivity contribution is 6.33. The van der Waals surface area contributed by atoms with E-state index in [1.54, 1.807) is 12.1 Å². The van der Waals surface area contributed by atoms with Gasteiger partial charge in [-0.05, 0) is 91.0 Å². The molecule has 4 nitrogen and oxygen atoms in total. The molecule has 2 fully saturated rings. The number of hydrogen-bond donors (Lipinski definition) is 1. The minimum Gasteiger partial charge on any atom is -0.493 e. The number of aromatic carboxylic acids is 1. The Morgan fingerprint density at radius 3 is 2.51 bits per heavy atom. The van der Waals surface area contributed by atoms with Crippen LogP contribution in [0.5, 0.6) is 0 Å². The molecular weight excluding hydrogens is 460 g/mol. The van der Waals surface area contributed by atoms with E-state index in [9.17, 15) is 14.7 Å². The fourth-order valence-electron chi connectivity index (χ4n) is 6.21. The predicted molar refractivity (Wildman–Crippen MR) is 137 cm³/mol. The molecule has 0 saturated heterocycles. The average Bonchev–Trinajstić information content (AvgIpc) is 3.48. The second-order valence-electron chi connectivity index (χ2n) is 10.2. The van der Waals surface area contributed by atoms with Crippen molar-refractivity contribution in [1.82, 2.24) is 0 Å². The molecule has 182 valence electrons. The third-order valence-electron chi connectivity index (χ3n) is 8.21. The number of halogens is 1. The van der Waals surface area contributed by atoms with Crippen molar-refractivity contribution in [3.05, 3.63) is 81.1 Å². The van der Waals surface area contributed by atoms with Gasteiger partial charge in [0, 0.05) is 17.9 Å². The summed E-state index contributed by atoms with van der Waals surface area (Å²) in [5, 5.41) is 9.44. The number of ketones is 1. The Bertz CT molecular complexity index is 1250. The van der Waals surface area contributed by atoms with Gasteiger partial charge in [-0.3, -0.25) is 4.79 Å². The lowest BCUT2D eigenvalue weighted by atomic mass is 9.84. The van der Waals surface area contributed by atoms with Gasteiger partial charge < -0.3 is 9.84 Å². The highest BCUT2D eigenvalue weighted by Crippen LogP contribution is 2.49. The third-order valence-corrected chi connectivity index (χ3v) is 8.52. The molecule has 5 heteroatoms. The molecule has 3 aliphatic rings. The Kier molecular flexibility index (Phi) is 6.59. The number of rotatable bonds is 6. The second-order valence-corrected chi connectivity index (χ2v) is 10.6. The fourth-order valence-corrected chi connectivity index (χ4v) is 6.47. The van der Waals surface area contributed by atoms with Crippen molar-refractivity contribution in [2.75, 3.05) is 0 Å². The summed E-state index contributed by atoms with van der Waals surface area (Å²) >= 11 is 6.17. The lowest BCUT2D eigenvalue weighted by Crippen LogP contribution is -2.18. The van der Waals surface area contributed by atoms with Crippen LogP contribution in [-0.2, 0) is 16.1 Å². The summed E-state index contributed by atoms with van der Waals surface area (Å²) in [6, 6.07) is 13.0. The van der Waals surface area contributed by atoms with Crippen molar-refractivity contribution in [3.8, 4) is 11.1 Å². The SMILES string of the molecule is CC1=C(OCc2cccc(-c3ccc(C(=O)O)c(Cl)c3)c2)CC2CC(C3CCCC3)C(=O)C2=C1C. The Labute approximate surface area is 211 Å². The van der Waals surface area contributed by atoms with Gasteiger partial charge in [0.1, 0.15) is 12.4 Å². The summed E-state index contributed by atoms with van der Waals surface area (Å²) < 4.78 is 6.35. The van der Waals surface area contributed by atoms with Crippen molar-refractivity contribution in [1.29, 1.82) is 0 Å². The Morgan fingerprint density at radius 1 is 1.06 bits per heavy atom. The van der Waals surface area contributed by atoms with Gasteiger partial charge in [0.25, 0.3) is 0 Å². The Morgan fingerprint density at radius 2 is 1.80 bits per heavy atom. The number of Topliss-reactive ketones (excluding diaryl/α,β-unsaturated/α-hetero) is 1. The molecule has 0 aliphatic heterocycles. The summed E-state index contributed by atoms with van der Waals surface area (Å²) in [6.45, 7) is 4.60. The summed E-state index contributed by atoms with van der Waals surface area (Å²) in [4.78, 5) is 24.5. The van der Waals surface area contributed by atoms with E-state index in [4.69, 9.17) is 16.3 Å².